The monoisotopic (exact) mass is 364 g/mol. The quantitative estimate of drug-likeness (QED) is 0.740. The smallest absolute Gasteiger partial charge is 0.274 e. The maximum absolute atomic E-state index is 12.4. The van der Waals surface area contributed by atoms with Crippen molar-refractivity contribution in [3.05, 3.63) is 47.8 Å². The Morgan fingerprint density at radius 3 is 2.85 bits per heavy atom. The molecule has 2 heterocycles. The molecule has 2 aromatic heterocycles. The standard InChI is InChI=1S/C21H24N4O2/c1-14-6-5-9-18(22-14)20(26)23-16-10-11-17-19(12-16)25(2)24-21(17)27-13-15-7-3-4-8-15/h5-6,9-12,15H,3-4,7-8,13H2,1-2H3,(H,23,26). The molecule has 140 valence electrons. The Hall–Kier alpha value is -2.89. The van der Waals surface area contributed by atoms with Gasteiger partial charge >= 0.3 is 0 Å². The molecule has 0 atom stereocenters. The van der Waals surface area contributed by atoms with Crippen LogP contribution in [-0.4, -0.2) is 27.3 Å². The number of anilines is 1. The van der Waals surface area contributed by atoms with E-state index in [-0.39, 0.29) is 5.91 Å². The number of pyridine rings is 1. The first kappa shape index (κ1) is 17.5. The van der Waals surface area contributed by atoms with Gasteiger partial charge in [-0.15, -0.1) is 5.10 Å². The van der Waals surface area contributed by atoms with Crippen LogP contribution in [0.25, 0.3) is 10.9 Å². The third-order valence-electron chi connectivity index (χ3n) is 5.13. The van der Waals surface area contributed by atoms with E-state index in [0.717, 1.165) is 23.2 Å². The molecule has 0 aliphatic heterocycles. The van der Waals surface area contributed by atoms with E-state index >= 15 is 0 Å². The Morgan fingerprint density at radius 1 is 1.26 bits per heavy atom. The van der Waals surface area contributed by atoms with Crippen molar-refractivity contribution in [3.8, 4) is 5.88 Å². The number of benzene rings is 1. The Kier molecular flexibility index (Phi) is 4.79. The molecule has 1 fully saturated rings. The van der Waals surface area contributed by atoms with Crippen molar-refractivity contribution >= 4 is 22.5 Å². The predicted octanol–water partition coefficient (Wildman–Crippen LogP) is 4.10. The molecular formula is C21H24N4O2. The average Bonchev–Trinajstić information content (AvgIpc) is 3.28. The predicted molar refractivity (Wildman–Crippen MR) is 105 cm³/mol. The highest BCUT2D eigenvalue weighted by Crippen LogP contribution is 2.30. The fourth-order valence-corrected chi connectivity index (χ4v) is 3.65. The number of hydrogen-bond acceptors (Lipinski definition) is 4. The van der Waals surface area contributed by atoms with E-state index in [0.29, 0.717) is 23.2 Å². The van der Waals surface area contributed by atoms with Gasteiger partial charge in [-0.3, -0.25) is 9.48 Å². The SMILES string of the molecule is Cc1cccc(C(=O)Nc2ccc3c(OCC4CCCC4)nn(C)c3c2)n1. The highest BCUT2D eigenvalue weighted by atomic mass is 16.5. The lowest BCUT2D eigenvalue weighted by molar-refractivity contribution is 0.102. The zero-order chi connectivity index (χ0) is 18.8. The topological polar surface area (TPSA) is 69.0 Å². The molecule has 0 spiro atoms. The fraction of sp³-hybridized carbons (Fsp3) is 0.381. The highest BCUT2D eigenvalue weighted by molar-refractivity contribution is 6.04. The lowest BCUT2D eigenvalue weighted by Gasteiger charge is -2.09. The van der Waals surface area contributed by atoms with Gasteiger partial charge in [-0.2, -0.15) is 0 Å². The molecule has 6 nitrogen and oxygen atoms in total. The molecule has 1 aliphatic carbocycles. The summed E-state index contributed by atoms with van der Waals surface area (Å²) in [6.45, 7) is 2.59. The number of fused-ring (bicyclic) bond motifs is 1. The van der Waals surface area contributed by atoms with Gasteiger partial charge in [0.05, 0.1) is 17.5 Å². The average molecular weight is 364 g/mol. The molecule has 4 rings (SSSR count). The zero-order valence-electron chi connectivity index (χ0n) is 15.7. The Bertz CT molecular complexity index is 973. The summed E-state index contributed by atoms with van der Waals surface area (Å²) < 4.78 is 7.79. The van der Waals surface area contributed by atoms with Crippen LogP contribution < -0.4 is 10.1 Å². The van der Waals surface area contributed by atoms with Crippen molar-refractivity contribution in [2.45, 2.75) is 32.6 Å². The third-order valence-corrected chi connectivity index (χ3v) is 5.13. The van der Waals surface area contributed by atoms with Gasteiger partial charge in [-0.25, -0.2) is 4.98 Å². The second-order valence-corrected chi connectivity index (χ2v) is 7.24. The Morgan fingerprint density at radius 2 is 2.07 bits per heavy atom. The molecule has 1 aromatic carbocycles. The fourth-order valence-electron chi connectivity index (χ4n) is 3.65. The van der Waals surface area contributed by atoms with Crippen molar-refractivity contribution in [1.29, 1.82) is 0 Å². The molecule has 0 bridgehead atoms. The van der Waals surface area contributed by atoms with Crippen LogP contribution in [0.1, 0.15) is 41.9 Å². The van der Waals surface area contributed by atoms with Crippen LogP contribution in [0.15, 0.2) is 36.4 Å². The molecule has 1 saturated carbocycles. The minimum atomic E-state index is -0.224. The van der Waals surface area contributed by atoms with Crippen LogP contribution in [0.3, 0.4) is 0 Å². The molecule has 1 aliphatic rings. The summed E-state index contributed by atoms with van der Waals surface area (Å²) in [5, 5.41) is 8.38. The Balaban J connectivity index is 1.52. The van der Waals surface area contributed by atoms with Gasteiger partial charge in [0.15, 0.2) is 0 Å². The van der Waals surface area contributed by atoms with Crippen LogP contribution in [0.2, 0.25) is 0 Å². The number of aromatic nitrogens is 3. The molecule has 6 heteroatoms. The van der Waals surface area contributed by atoms with Crippen molar-refractivity contribution in [1.82, 2.24) is 14.8 Å². The van der Waals surface area contributed by atoms with Crippen molar-refractivity contribution in [2.75, 3.05) is 11.9 Å². The van der Waals surface area contributed by atoms with Crippen molar-refractivity contribution in [3.63, 3.8) is 0 Å². The number of hydrogen-bond donors (Lipinski definition) is 1. The van der Waals surface area contributed by atoms with Crippen molar-refractivity contribution in [2.24, 2.45) is 13.0 Å². The second kappa shape index (κ2) is 7.39. The highest BCUT2D eigenvalue weighted by Gasteiger charge is 2.18. The summed E-state index contributed by atoms with van der Waals surface area (Å²) in [5.74, 6) is 1.08. The first-order chi connectivity index (χ1) is 13.1. The number of ether oxygens (including phenoxy) is 1. The number of amides is 1. The number of carbonyl (C=O) groups excluding carboxylic acids is 1. The maximum Gasteiger partial charge on any atom is 0.274 e. The van der Waals surface area contributed by atoms with Crippen LogP contribution >= 0.6 is 0 Å². The van der Waals surface area contributed by atoms with Gasteiger partial charge in [-0.05, 0) is 56.0 Å². The first-order valence-corrected chi connectivity index (χ1v) is 9.45. The number of rotatable bonds is 5. The molecule has 27 heavy (non-hydrogen) atoms. The summed E-state index contributed by atoms with van der Waals surface area (Å²) in [4.78, 5) is 16.7. The molecule has 1 N–H and O–H groups in total. The lowest BCUT2D eigenvalue weighted by atomic mass is 10.1. The number of nitrogens with zero attached hydrogens (tertiary/aromatic N) is 3. The van der Waals surface area contributed by atoms with Crippen LogP contribution in [-0.2, 0) is 7.05 Å². The van der Waals surface area contributed by atoms with Gasteiger partial charge in [-0.1, -0.05) is 18.9 Å². The zero-order valence-corrected chi connectivity index (χ0v) is 15.7. The summed E-state index contributed by atoms with van der Waals surface area (Å²) in [6, 6.07) is 11.1. The van der Waals surface area contributed by atoms with E-state index < -0.39 is 0 Å². The van der Waals surface area contributed by atoms with E-state index in [1.807, 2.05) is 44.3 Å². The summed E-state index contributed by atoms with van der Waals surface area (Å²) in [6.07, 6.45) is 5.09. The van der Waals surface area contributed by atoms with E-state index in [4.69, 9.17) is 4.74 Å². The van der Waals surface area contributed by atoms with Gasteiger partial charge in [0.25, 0.3) is 5.91 Å². The van der Waals surface area contributed by atoms with Crippen LogP contribution in [0.5, 0.6) is 5.88 Å². The molecule has 0 unspecified atom stereocenters. The lowest BCUT2D eigenvalue weighted by Crippen LogP contribution is -2.14. The van der Waals surface area contributed by atoms with E-state index in [1.165, 1.54) is 25.7 Å². The van der Waals surface area contributed by atoms with E-state index in [9.17, 15) is 4.79 Å². The largest absolute Gasteiger partial charge is 0.476 e. The molecule has 3 aromatic rings. The second-order valence-electron chi connectivity index (χ2n) is 7.24. The third kappa shape index (κ3) is 3.79. The Labute approximate surface area is 158 Å². The molecule has 0 saturated heterocycles. The summed E-state index contributed by atoms with van der Waals surface area (Å²) in [5.41, 5.74) is 2.85. The minimum Gasteiger partial charge on any atom is -0.476 e. The minimum absolute atomic E-state index is 0.224. The first-order valence-electron chi connectivity index (χ1n) is 9.45. The van der Waals surface area contributed by atoms with Gasteiger partial charge in [0.1, 0.15) is 5.69 Å². The molecule has 0 radical (unpaired) electrons. The van der Waals surface area contributed by atoms with Crippen LogP contribution in [0, 0.1) is 12.8 Å². The number of aryl methyl sites for hydroxylation is 2. The van der Waals surface area contributed by atoms with Gasteiger partial charge in [0, 0.05) is 18.4 Å². The van der Waals surface area contributed by atoms with Crippen molar-refractivity contribution < 1.29 is 9.53 Å². The van der Waals surface area contributed by atoms with Gasteiger partial charge < -0.3 is 10.1 Å². The maximum atomic E-state index is 12.4. The summed E-state index contributed by atoms with van der Waals surface area (Å²) in [7, 11) is 1.89. The number of carbonyl (C=O) groups is 1. The van der Waals surface area contributed by atoms with E-state index in [1.54, 1.807) is 10.7 Å². The van der Waals surface area contributed by atoms with Gasteiger partial charge in [0.2, 0.25) is 5.88 Å². The normalized spacial score (nSPS) is 14.6. The van der Waals surface area contributed by atoms with Crippen LogP contribution in [0.4, 0.5) is 5.69 Å². The molecular weight excluding hydrogens is 340 g/mol. The molecule has 1 amide bonds. The van der Waals surface area contributed by atoms with E-state index in [2.05, 4.69) is 15.4 Å². The summed E-state index contributed by atoms with van der Waals surface area (Å²) >= 11 is 0. The number of nitrogens with one attached hydrogen (secondary N) is 1.